The van der Waals surface area contributed by atoms with Crippen LogP contribution in [0.5, 0.6) is 0 Å². The molecule has 1 saturated heterocycles. The average molecular weight is 596 g/mol. The molecule has 0 amide bonds. The van der Waals surface area contributed by atoms with Gasteiger partial charge < -0.3 is 9.05 Å². The number of hydrogen-bond acceptors (Lipinski definition) is 8. The molecule has 2 unspecified atom stereocenters. The van der Waals surface area contributed by atoms with Crippen LogP contribution in [-0.4, -0.2) is 45.2 Å². The first kappa shape index (κ1) is 29.8. The van der Waals surface area contributed by atoms with Gasteiger partial charge in [-0.3, -0.25) is 23.6 Å². The Morgan fingerprint density at radius 1 is 0.976 bits per heavy atom. The van der Waals surface area contributed by atoms with E-state index in [1.807, 2.05) is 30.3 Å². The van der Waals surface area contributed by atoms with Crippen molar-refractivity contribution in [3.05, 3.63) is 117 Å². The zero-order chi connectivity index (χ0) is 29.9. The van der Waals surface area contributed by atoms with Crippen LogP contribution in [-0.2, 0) is 31.5 Å². The van der Waals surface area contributed by atoms with Crippen LogP contribution in [0.2, 0.25) is 0 Å². The molecule has 0 N–H and O–H groups in total. The van der Waals surface area contributed by atoms with Crippen molar-refractivity contribution in [3.63, 3.8) is 0 Å². The Morgan fingerprint density at radius 3 is 2.36 bits per heavy atom. The fourth-order valence-corrected chi connectivity index (χ4v) is 7.24. The smallest absolute Gasteiger partial charge is 0.308 e. The molecule has 0 aliphatic carbocycles. The molecule has 42 heavy (non-hydrogen) atoms. The standard InChI is InChI=1S/C30H31FN3O7P/c1-3-39-42(38,40-4-2)27-18-24(41-33(27)19-21-11-6-5-7-12-21)20-32-26-16-9-8-15-25(26)29(36)34(30(32)37)28(35)22-13-10-14-23(31)17-22/h5-17,24,27H,3-4,18-20H2,1-2H3. The third-order valence-corrected chi connectivity index (χ3v) is 9.40. The normalized spacial score (nSPS) is 17.6. The van der Waals surface area contributed by atoms with E-state index in [4.69, 9.17) is 13.9 Å². The van der Waals surface area contributed by atoms with Gasteiger partial charge in [0.15, 0.2) is 0 Å². The summed E-state index contributed by atoms with van der Waals surface area (Å²) in [4.78, 5) is 46.7. The first-order chi connectivity index (χ1) is 20.3. The Balaban J connectivity index is 1.56. The summed E-state index contributed by atoms with van der Waals surface area (Å²) in [5, 5.41) is 1.69. The van der Waals surface area contributed by atoms with Gasteiger partial charge >= 0.3 is 13.3 Å². The fraction of sp³-hybridized carbons (Fsp3) is 0.300. The molecule has 220 valence electrons. The zero-order valence-corrected chi connectivity index (χ0v) is 24.1. The number of nitrogens with zero attached hydrogens (tertiary/aromatic N) is 3. The Labute approximate surface area is 241 Å². The van der Waals surface area contributed by atoms with Gasteiger partial charge in [0.05, 0.1) is 43.3 Å². The second kappa shape index (κ2) is 12.6. The van der Waals surface area contributed by atoms with Crippen molar-refractivity contribution in [1.29, 1.82) is 0 Å². The van der Waals surface area contributed by atoms with Gasteiger partial charge in [-0.2, -0.15) is 9.63 Å². The molecule has 1 aliphatic heterocycles. The summed E-state index contributed by atoms with van der Waals surface area (Å²) in [5.41, 5.74) is -0.645. The van der Waals surface area contributed by atoms with Crippen LogP contribution in [0.3, 0.4) is 0 Å². The second-order valence-corrected chi connectivity index (χ2v) is 11.9. The number of fused-ring (bicyclic) bond motifs is 1. The molecule has 4 aromatic rings. The van der Waals surface area contributed by atoms with Gasteiger partial charge in [-0.05, 0) is 49.7 Å². The maximum absolute atomic E-state index is 13.9. The third kappa shape index (κ3) is 5.92. The SMILES string of the molecule is CCOP(=O)(OCC)C1CC(Cn2c(=O)n(C(=O)c3cccc(F)c3)c(=O)c3ccccc32)ON1Cc1ccccc1. The van der Waals surface area contributed by atoms with Crippen molar-refractivity contribution < 1.29 is 27.6 Å². The van der Waals surface area contributed by atoms with E-state index in [2.05, 4.69) is 0 Å². The largest absolute Gasteiger partial charge is 0.350 e. The summed E-state index contributed by atoms with van der Waals surface area (Å²) in [6, 6.07) is 20.7. The van der Waals surface area contributed by atoms with E-state index < -0.39 is 42.5 Å². The number of benzene rings is 3. The molecule has 2 heterocycles. The van der Waals surface area contributed by atoms with E-state index in [9.17, 15) is 23.3 Å². The minimum Gasteiger partial charge on any atom is -0.308 e. The van der Waals surface area contributed by atoms with Gasteiger partial charge in [-0.25, -0.2) is 9.18 Å². The number of halogens is 1. The summed E-state index contributed by atoms with van der Waals surface area (Å²) in [7, 11) is -3.67. The number of carbonyl (C=O) groups is 1. The van der Waals surface area contributed by atoms with Gasteiger partial charge in [0.2, 0.25) is 0 Å². The van der Waals surface area contributed by atoms with Crippen LogP contribution in [0.4, 0.5) is 4.39 Å². The molecular weight excluding hydrogens is 564 g/mol. The monoisotopic (exact) mass is 595 g/mol. The number of carbonyl (C=O) groups excluding carboxylic acids is 1. The highest BCUT2D eigenvalue weighted by atomic mass is 31.2. The van der Waals surface area contributed by atoms with Crippen LogP contribution in [0, 0.1) is 5.82 Å². The molecule has 0 bridgehead atoms. The summed E-state index contributed by atoms with van der Waals surface area (Å²) in [6.07, 6.45) is -0.508. The summed E-state index contributed by atoms with van der Waals surface area (Å²) in [5.74, 6) is -2.39. The predicted octanol–water partition coefficient (Wildman–Crippen LogP) is 4.79. The Morgan fingerprint density at radius 2 is 1.67 bits per heavy atom. The van der Waals surface area contributed by atoms with E-state index in [0.29, 0.717) is 10.1 Å². The van der Waals surface area contributed by atoms with Gasteiger partial charge in [-0.15, -0.1) is 0 Å². The van der Waals surface area contributed by atoms with E-state index in [1.165, 1.54) is 22.8 Å². The van der Waals surface area contributed by atoms with Crippen molar-refractivity contribution in [2.45, 2.75) is 45.2 Å². The molecule has 5 rings (SSSR count). The van der Waals surface area contributed by atoms with Gasteiger partial charge in [0.1, 0.15) is 11.6 Å². The Hall–Kier alpha value is -3.73. The van der Waals surface area contributed by atoms with Crippen LogP contribution in [0.25, 0.3) is 10.9 Å². The van der Waals surface area contributed by atoms with Crippen molar-refractivity contribution >= 4 is 24.4 Å². The van der Waals surface area contributed by atoms with Crippen molar-refractivity contribution in [2.75, 3.05) is 13.2 Å². The first-order valence-corrected chi connectivity index (χ1v) is 15.3. The molecule has 1 fully saturated rings. The molecule has 0 spiro atoms. The molecule has 0 saturated carbocycles. The highest BCUT2D eigenvalue weighted by molar-refractivity contribution is 7.54. The Bertz CT molecular complexity index is 1750. The lowest BCUT2D eigenvalue weighted by Crippen LogP contribution is -2.45. The quantitative estimate of drug-likeness (QED) is 0.241. The lowest BCUT2D eigenvalue weighted by atomic mass is 10.2. The average Bonchev–Trinajstić information content (AvgIpc) is 3.39. The van der Waals surface area contributed by atoms with Crippen LogP contribution >= 0.6 is 7.60 Å². The maximum atomic E-state index is 13.9. The molecule has 1 aliphatic rings. The summed E-state index contributed by atoms with van der Waals surface area (Å²) in [6.45, 7) is 3.98. The van der Waals surface area contributed by atoms with E-state index in [0.717, 1.165) is 17.7 Å². The Kier molecular flexibility index (Phi) is 8.96. The molecule has 2 atom stereocenters. The highest BCUT2D eigenvalue weighted by Gasteiger charge is 2.47. The number of hydrogen-bond donors (Lipinski definition) is 0. The molecule has 1 aromatic heterocycles. The van der Waals surface area contributed by atoms with Crippen LogP contribution < -0.4 is 11.2 Å². The second-order valence-electron chi connectivity index (χ2n) is 9.75. The number of para-hydroxylation sites is 1. The molecule has 0 radical (unpaired) electrons. The van der Waals surface area contributed by atoms with Crippen LogP contribution in [0.15, 0.2) is 88.5 Å². The van der Waals surface area contributed by atoms with Gasteiger partial charge in [0, 0.05) is 12.0 Å². The maximum Gasteiger partial charge on any atom is 0.350 e. The first-order valence-electron chi connectivity index (χ1n) is 13.7. The van der Waals surface area contributed by atoms with Gasteiger partial charge in [-0.1, -0.05) is 48.5 Å². The van der Waals surface area contributed by atoms with Crippen molar-refractivity contribution in [3.8, 4) is 0 Å². The minimum atomic E-state index is -3.67. The van der Waals surface area contributed by atoms with Crippen molar-refractivity contribution in [1.82, 2.24) is 14.2 Å². The summed E-state index contributed by atoms with van der Waals surface area (Å²) < 4.78 is 40.9. The van der Waals surface area contributed by atoms with Crippen LogP contribution in [0.1, 0.15) is 36.2 Å². The highest BCUT2D eigenvalue weighted by Crippen LogP contribution is 2.58. The molecule has 12 heteroatoms. The third-order valence-electron chi connectivity index (χ3n) is 6.97. The number of rotatable bonds is 10. The lowest BCUT2D eigenvalue weighted by Gasteiger charge is -2.28. The van der Waals surface area contributed by atoms with Gasteiger partial charge in [0.25, 0.3) is 11.5 Å². The zero-order valence-electron chi connectivity index (χ0n) is 23.2. The van der Waals surface area contributed by atoms with E-state index in [-0.39, 0.29) is 43.7 Å². The van der Waals surface area contributed by atoms with E-state index >= 15 is 0 Å². The van der Waals surface area contributed by atoms with E-state index in [1.54, 1.807) is 37.1 Å². The molecule has 3 aromatic carbocycles. The fourth-order valence-electron chi connectivity index (χ4n) is 5.16. The number of hydroxylamine groups is 2. The number of aromatic nitrogens is 2. The topological polar surface area (TPSA) is 109 Å². The predicted molar refractivity (Wildman–Crippen MR) is 155 cm³/mol. The summed E-state index contributed by atoms with van der Waals surface area (Å²) >= 11 is 0. The minimum absolute atomic E-state index is 0.0733. The molecular formula is C30H31FN3O7P. The van der Waals surface area contributed by atoms with Crippen molar-refractivity contribution in [2.24, 2.45) is 0 Å². The molecule has 10 nitrogen and oxygen atoms in total. The lowest BCUT2D eigenvalue weighted by molar-refractivity contribution is -0.164.